The highest BCUT2D eigenvalue weighted by atomic mass is 127. The molecule has 0 saturated heterocycles. The van der Waals surface area contributed by atoms with Crippen molar-refractivity contribution < 1.29 is 5.11 Å². The van der Waals surface area contributed by atoms with Gasteiger partial charge >= 0.3 is 0 Å². The number of halogens is 1. The maximum atomic E-state index is 10.1. The van der Waals surface area contributed by atoms with Crippen molar-refractivity contribution in [3.63, 3.8) is 0 Å². The smallest absolute Gasteiger partial charge is 0.0543 e. The number of aliphatic hydroxyl groups excluding tert-OH is 1. The van der Waals surface area contributed by atoms with E-state index in [-0.39, 0.29) is 6.10 Å². The van der Waals surface area contributed by atoms with Crippen LogP contribution in [0.15, 0.2) is 9.66 Å². The zero-order valence-corrected chi connectivity index (χ0v) is 15.6. The van der Waals surface area contributed by atoms with Gasteiger partial charge in [0, 0.05) is 5.41 Å². The molecule has 7 atom stereocenters. The second-order valence-electron chi connectivity index (χ2n) is 8.83. The minimum absolute atomic E-state index is 0.0115. The number of fused-ring (bicyclic) bond motifs is 5. The molecule has 21 heavy (non-hydrogen) atoms. The van der Waals surface area contributed by atoms with Crippen molar-refractivity contribution in [2.45, 2.75) is 71.3 Å². The van der Waals surface area contributed by atoms with E-state index in [1.807, 2.05) is 0 Å². The molecule has 2 heteroatoms. The fourth-order valence-corrected chi connectivity index (χ4v) is 7.67. The highest BCUT2D eigenvalue weighted by molar-refractivity contribution is 14.1. The molecule has 0 bridgehead atoms. The minimum atomic E-state index is -0.0115. The number of hydrogen-bond acceptors (Lipinski definition) is 1. The lowest BCUT2D eigenvalue weighted by molar-refractivity contribution is -0.116. The van der Waals surface area contributed by atoms with Gasteiger partial charge < -0.3 is 5.11 Å². The van der Waals surface area contributed by atoms with Crippen molar-refractivity contribution in [1.29, 1.82) is 0 Å². The van der Waals surface area contributed by atoms with E-state index in [4.69, 9.17) is 0 Å². The van der Waals surface area contributed by atoms with Crippen molar-refractivity contribution in [1.82, 2.24) is 0 Å². The van der Waals surface area contributed by atoms with E-state index in [0.717, 1.165) is 36.5 Å². The summed E-state index contributed by atoms with van der Waals surface area (Å²) in [4.78, 5) is 0. The van der Waals surface area contributed by atoms with Crippen LogP contribution in [0, 0.1) is 34.5 Å². The van der Waals surface area contributed by atoms with Gasteiger partial charge in [0.15, 0.2) is 0 Å². The van der Waals surface area contributed by atoms with Crippen LogP contribution in [-0.4, -0.2) is 11.2 Å². The molecule has 3 saturated carbocycles. The lowest BCUT2D eigenvalue weighted by Gasteiger charge is -2.60. The zero-order valence-electron chi connectivity index (χ0n) is 13.4. The summed E-state index contributed by atoms with van der Waals surface area (Å²) in [6.07, 6.45) is 12.9. The SMILES string of the molecule is C[C@]12CCC(O)C[C@H]1CC[C@@H]1[C@H]3CC=C(I)[C@@]3(C)CC[C@@H]12. The molecule has 4 aliphatic rings. The molecule has 0 aromatic carbocycles. The molecule has 0 aliphatic heterocycles. The molecule has 0 spiro atoms. The molecule has 3 fully saturated rings. The third-order valence-corrected chi connectivity index (χ3v) is 9.80. The van der Waals surface area contributed by atoms with Crippen molar-refractivity contribution in [2.75, 3.05) is 0 Å². The van der Waals surface area contributed by atoms with Gasteiger partial charge in [-0.25, -0.2) is 0 Å². The number of hydrogen-bond donors (Lipinski definition) is 1. The summed E-state index contributed by atoms with van der Waals surface area (Å²) in [6, 6.07) is 0. The molecule has 0 aromatic rings. The zero-order chi connectivity index (χ0) is 14.8. The predicted octanol–water partition coefficient (Wildman–Crippen LogP) is 5.32. The average Bonchev–Trinajstić information content (AvgIpc) is 2.76. The predicted molar refractivity (Wildman–Crippen MR) is 95.2 cm³/mol. The summed E-state index contributed by atoms with van der Waals surface area (Å²) in [5.74, 6) is 3.58. The van der Waals surface area contributed by atoms with Crippen LogP contribution in [0.25, 0.3) is 0 Å². The molecule has 4 aliphatic carbocycles. The van der Waals surface area contributed by atoms with Crippen LogP contribution >= 0.6 is 22.6 Å². The molecular formula is C19H29IO. The largest absolute Gasteiger partial charge is 0.393 e. The van der Waals surface area contributed by atoms with Gasteiger partial charge in [-0.15, -0.1) is 0 Å². The van der Waals surface area contributed by atoms with Crippen LogP contribution in [0.3, 0.4) is 0 Å². The van der Waals surface area contributed by atoms with Crippen LogP contribution in [0.4, 0.5) is 0 Å². The van der Waals surface area contributed by atoms with E-state index in [1.165, 1.54) is 38.5 Å². The number of allylic oxidation sites excluding steroid dienone is 2. The Morgan fingerprint density at radius 3 is 2.71 bits per heavy atom. The first-order valence-electron chi connectivity index (χ1n) is 8.99. The Balaban J connectivity index is 1.63. The van der Waals surface area contributed by atoms with Crippen LogP contribution < -0.4 is 0 Å². The molecule has 0 radical (unpaired) electrons. The van der Waals surface area contributed by atoms with E-state index in [9.17, 15) is 5.11 Å². The summed E-state index contributed by atoms with van der Waals surface area (Å²) >= 11 is 2.62. The van der Waals surface area contributed by atoms with Gasteiger partial charge in [-0.3, -0.25) is 0 Å². The van der Waals surface area contributed by atoms with Gasteiger partial charge in [0.2, 0.25) is 0 Å². The monoisotopic (exact) mass is 400 g/mol. The number of rotatable bonds is 0. The lowest BCUT2D eigenvalue weighted by Crippen LogP contribution is -2.53. The first kappa shape index (κ1) is 15.0. The van der Waals surface area contributed by atoms with Gasteiger partial charge in [-0.1, -0.05) is 19.9 Å². The van der Waals surface area contributed by atoms with Gasteiger partial charge in [-0.2, -0.15) is 0 Å². The Kier molecular flexibility index (Phi) is 3.54. The third kappa shape index (κ3) is 2.03. The maximum Gasteiger partial charge on any atom is 0.0543 e. The second-order valence-corrected chi connectivity index (χ2v) is 9.99. The van der Waals surface area contributed by atoms with E-state index >= 15 is 0 Å². The Morgan fingerprint density at radius 2 is 1.90 bits per heavy atom. The fourth-order valence-electron chi connectivity index (χ4n) is 6.75. The van der Waals surface area contributed by atoms with Gasteiger partial charge in [-0.05, 0) is 107 Å². The normalized spacial score (nSPS) is 56.2. The van der Waals surface area contributed by atoms with Crippen LogP contribution in [0.5, 0.6) is 0 Å². The second kappa shape index (κ2) is 4.96. The molecule has 0 aromatic heterocycles. The Hall–Kier alpha value is 0.430. The summed E-state index contributed by atoms with van der Waals surface area (Å²) in [5.41, 5.74) is 1.02. The Morgan fingerprint density at radius 1 is 1.10 bits per heavy atom. The average molecular weight is 400 g/mol. The van der Waals surface area contributed by atoms with Gasteiger partial charge in [0.05, 0.1) is 6.10 Å². The van der Waals surface area contributed by atoms with E-state index < -0.39 is 0 Å². The summed E-state index contributed by atoms with van der Waals surface area (Å²) in [7, 11) is 0. The molecule has 1 N–H and O–H groups in total. The van der Waals surface area contributed by atoms with Crippen LogP contribution in [0.1, 0.15) is 65.2 Å². The molecule has 0 heterocycles. The van der Waals surface area contributed by atoms with Crippen LogP contribution in [-0.2, 0) is 0 Å². The highest BCUT2D eigenvalue weighted by Crippen LogP contribution is 2.66. The third-order valence-electron chi connectivity index (χ3n) is 8.12. The molecule has 118 valence electrons. The lowest BCUT2D eigenvalue weighted by atomic mass is 9.45. The summed E-state index contributed by atoms with van der Waals surface area (Å²) in [6.45, 7) is 5.12. The van der Waals surface area contributed by atoms with E-state index in [1.54, 1.807) is 3.58 Å². The maximum absolute atomic E-state index is 10.1. The quantitative estimate of drug-likeness (QED) is 0.546. The Labute approximate surface area is 143 Å². The standard InChI is InChI=1S/C19H29IO/c1-18-9-7-13(21)11-12(18)3-4-14-15-5-6-17(20)19(15,2)10-8-16(14)18/h6,12-16,21H,3-5,7-11H2,1-2H3/t12-,13?,14-,15-,16+,18+,19+/m1/s1. The molecule has 1 unspecified atom stereocenters. The van der Waals surface area contributed by atoms with Gasteiger partial charge in [0.1, 0.15) is 0 Å². The summed E-state index contributed by atoms with van der Waals surface area (Å²) in [5, 5.41) is 10.1. The van der Waals surface area contributed by atoms with Crippen molar-refractivity contribution >= 4 is 22.6 Å². The topological polar surface area (TPSA) is 20.2 Å². The van der Waals surface area contributed by atoms with E-state index in [0.29, 0.717) is 10.8 Å². The van der Waals surface area contributed by atoms with Crippen molar-refractivity contribution in [3.05, 3.63) is 9.66 Å². The minimum Gasteiger partial charge on any atom is -0.393 e. The first-order chi connectivity index (χ1) is 9.95. The Bertz CT molecular complexity index is 472. The molecule has 4 rings (SSSR count). The molecular weight excluding hydrogens is 371 g/mol. The highest BCUT2D eigenvalue weighted by Gasteiger charge is 2.58. The summed E-state index contributed by atoms with van der Waals surface area (Å²) < 4.78 is 1.65. The number of aliphatic hydroxyl groups is 1. The fraction of sp³-hybridized carbons (Fsp3) is 0.895. The van der Waals surface area contributed by atoms with Crippen molar-refractivity contribution in [2.24, 2.45) is 34.5 Å². The van der Waals surface area contributed by atoms with E-state index in [2.05, 4.69) is 42.5 Å². The van der Waals surface area contributed by atoms with Crippen molar-refractivity contribution in [3.8, 4) is 0 Å². The van der Waals surface area contributed by atoms with Gasteiger partial charge in [0.25, 0.3) is 0 Å². The molecule has 0 amide bonds. The molecule has 1 nitrogen and oxygen atoms in total. The van der Waals surface area contributed by atoms with Crippen LogP contribution in [0.2, 0.25) is 0 Å². The first-order valence-corrected chi connectivity index (χ1v) is 10.1.